The third-order valence-corrected chi connectivity index (χ3v) is 4.51. The van der Waals surface area contributed by atoms with E-state index in [0.717, 1.165) is 0 Å². The minimum atomic E-state index is -0.428. The monoisotopic (exact) mass is 398 g/mol. The van der Waals surface area contributed by atoms with Crippen LogP contribution in [0.1, 0.15) is 16.8 Å². The van der Waals surface area contributed by atoms with E-state index >= 15 is 0 Å². The van der Waals surface area contributed by atoms with Crippen molar-refractivity contribution in [3.05, 3.63) is 53.8 Å². The van der Waals surface area contributed by atoms with Crippen LogP contribution in [0.15, 0.2) is 42.5 Å². The second-order valence-electron chi connectivity index (χ2n) is 6.38. The highest BCUT2D eigenvalue weighted by molar-refractivity contribution is 6.07. The predicted molar refractivity (Wildman–Crippen MR) is 109 cm³/mol. The Hall–Kier alpha value is -3.19. The molecule has 1 amide bonds. The molecule has 0 spiro atoms. The first-order valence-corrected chi connectivity index (χ1v) is 9.17. The Labute approximate surface area is 168 Å². The van der Waals surface area contributed by atoms with Crippen LogP contribution in [-0.2, 0) is 4.74 Å². The lowest BCUT2D eigenvalue weighted by Gasteiger charge is -2.13. The van der Waals surface area contributed by atoms with Gasteiger partial charge in [-0.2, -0.15) is 0 Å². The fraction of sp³-hybridized carbons (Fsp3) is 0.273. The van der Waals surface area contributed by atoms with Gasteiger partial charge in [-0.05, 0) is 42.8 Å². The molecule has 3 aromatic rings. The zero-order chi connectivity index (χ0) is 20.8. The topological polar surface area (TPSA) is 69.7 Å². The molecule has 2 aromatic carbocycles. The molecule has 3 rings (SSSR count). The van der Waals surface area contributed by atoms with E-state index in [4.69, 9.17) is 14.2 Å². The maximum Gasteiger partial charge on any atom is 0.252 e. The Morgan fingerprint density at radius 2 is 1.90 bits per heavy atom. The number of pyridine rings is 1. The highest BCUT2D eigenvalue weighted by atomic mass is 19.1. The third-order valence-electron chi connectivity index (χ3n) is 4.51. The van der Waals surface area contributed by atoms with Crippen LogP contribution in [-0.4, -0.2) is 45.4 Å². The minimum Gasteiger partial charge on any atom is -0.497 e. The summed E-state index contributed by atoms with van der Waals surface area (Å²) in [7, 11) is 4.73. The summed E-state index contributed by atoms with van der Waals surface area (Å²) in [5.41, 5.74) is 2.11. The van der Waals surface area contributed by atoms with E-state index in [9.17, 15) is 9.18 Å². The predicted octanol–water partition coefficient (Wildman–Crippen LogP) is 3.82. The number of carbonyl (C=O) groups excluding carboxylic acids is 1. The van der Waals surface area contributed by atoms with Crippen LogP contribution in [0.2, 0.25) is 0 Å². The number of rotatable bonds is 8. The number of methoxy groups -OCH3 is 3. The zero-order valence-corrected chi connectivity index (χ0v) is 16.6. The van der Waals surface area contributed by atoms with Crippen molar-refractivity contribution in [3.8, 4) is 22.8 Å². The van der Waals surface area contributed by atoms with Crippen molar-refractivity contribution in [2.45, 2.75) is 6.42 Å². The number of ether oxygens (including phenoxy) is 3. The Balaban J connectivity index is 2.08. The summed E-state index contributed by atoms with van der Waals surface area (Å²) in [6, 6.07) is 11.2. The Kier molecular flexibility index (Phi) is 6.61. The quantitative estimate of drug-likeness (QED) is 0.584. The smallest absolute Gasteiger partial charge is 0.252 e. The summed E-state index contributed by atoms with van der Waals surface area (Å²) < 4.78 is 29.6. The number of aromatic nitrogens is 1. The van der Waals surface area contributed by atoms with Gasteiger partial charge in [-0.25, -0.2) is 9.37 Å². The van der Waals surface area contributed by atoms with Crippen molar-refractivity contribution < 1.29 is 23.4 Å². The van der Waals surface area contributed by atoms with Crippen molar-refractivity contribution in [2.75, 3.05) is 34.5 Å². The summed E-state index contributed by atoms with van der Waals surface area (Å²) in [5, 5.41) is 3.30. The molecular weight excluding hydrogens is 375 g/mol. The maximum atomic E-state index is 13.8. The van der Waals surface area contributed by atoms with Crippen LogP contribution in [0.25, 0.3) is 22.2 Å². The molecule has 0 saturated heterocycles. The van der Waals surface area contributed by atoms with Gasteiger partial charge in [0.15, 0.2) is 0 Å². The summed E-state index contributed by atoms with van der Waals surface area (Å²) >= 11 is 0. The first-order chi connectivity index (χ1) is 14.1. The fourth-order valence-corrected chi connectivity index (χ4v) is 3.05. The van der Waals surface area contributed by atoms with Gasteiger partial charge in [-0.3, -0.25) is 4.79 Å². The van der Waals surface area contributed by atoms with Gasteiger partial charge in [0.25, 0.3) is 5.91 Å². The normalized spacial score (nSPS) is 10.8. The molecule has 0 bridgehead atoms. The van der Waals surface area contributed by atoms with E-state index in [2.05, 4.69) is 10.3 Å². The van der Waals surface area contributed by atoms with Gasteiger partial charge < -0.3 is 19.5 Å². The summed E-state index contributed by atoms with van der Waals surface area (Å²) in [4.78, 5) is 17.4. The molecule has 29 heavy (non-hydrogen) atoms. The van der Waals surface area contributed by atoms with E-state index in [-0.39, 0.29) is 5.91 Å². The molecule has 0 unspecified atom stereocenters. The van der Waals surface area contributed by atoms with Crippen molar-refractivity contribution in [1.29, 1.82) is 0 Å². The molecule has 152 valence electrons. The van der Waals surface area contributed by atoms with Crippen LogP contribution < -0.4 is 14.8 Å². The molecule has 7 heteroatoms. The molecule has 0 aliphatic rings. The Morgan fingerprint density at radius 1 is 1.07 bits per heavy atom. The first kappa shape index (κ1) is 20.5. The van der Waals surface area contributed by atoms with E-state index in [0.29, 0.717) is 58.8 Å². The van der Waals surface area contributed by atoms with Gasteiger partial charge in [-0.15, -0.1) is 0 Å². The molecular formula is C22H23FN2O4. The molecule has 0 aliphatic carbocycles. The average molecular weight is 398 g/mol. The molecule has 0 atom stereocenters. The van der Waals surface area contributed by atoms with Gasteiger partial charge in [0, 0.05) is 37.3 Å². The highest BCUT2D eigenvalue weighted by Gasteiger charge is 2.17. The number of amides is 1. The lowest BCUT2D eigenvalue weighted by Crippen LogP contribution is -2.25. The van der Waals surface area contributed by atoms with E-state index in [1.807, 2.05) is 6.07 Å². The van der Waals surface area contributed by atoms with Gasteiger partial charge in [0.1, 0.15) is 17.3 Å². The maximum absolute atomic E-state index is 13.8. The second-order valence-corrected chi connectivity index (χ2v) is 6.38. The van der Waals surface area contributed by atoms with Gasteiger partial charge >= 0.3 is 0 Å². The number of nitrogens with zero attached hydrogens (tertiary/aromatic N) is 1. The summed E-state index contributed by atoms with van der Waals surface area (Å²) in [6.07, 6.45) is 0.679. The molecule has 1 aromatic heterocycles. The Bertz CT molecular complexity index is 1020. The van der Waals surface area contributed by atoms with Crippen molar-refractivity contribution in [1.82, 2.24) is 10.3 Å². The lowest BCUT2D eigenvalue weighted by atomic mass is 10.0. The van der Waals surface area contributed by atoms with Crippen LogP contribution in [0.5, 0.6) is 11.5 Å². The largest absolute Gasteiger partial charge is 0.497 e. The third kappa shape index (κ3) is 4.63. The summed E-state index contributed by atoms with van der Waals surface area (Å²) in [6.45, 7) is 0.993. The highest BCUT2D eigenvalue weighted by Crippen LogP contribution is 2.34. The van der Waals surface area contributed by atoms with Crippen molar-refractivity contribution in [2.24, 2.45) is 0 Å². The van der Waals surface area contributed by atoms with Gasteiger partial charge in [0.05, 0.1) is 31.0 Å². The van der Waals surface area contributed by atoms with Gasteiger partial charge in [-0.1, -0.05) is 0 Å². The number of hydrogen-bond acceptors (Lipinski definition) is 5. The fourth-order valence-electron chi connectivity index (χ4n) is 3.05. The number of carbonyl (C=O) groups is 1. The van der Waals surface area contributed by atoms with E-state index in [1.54, 1.807) is 45.6 Å². The number of nitrogens with one attached hydrogen (secondary N) is 1. The number of benzene rings is 2. The molecule has 1 N–H and O–H groups in total. The molecule has 0 saturated carbocycles. The summed E-state index contributed by atoms with van der Waals surface area (Å²) in [5.74, 6) is 0.477. The van der Waals surface area contributed by atoms with Crippen LogP contribution in [0.3, 0.4) is 0 Å². The van der Waals surface area contributed by atoms with Crippen LogP contribution in [0, 0.1) is 5.82 Å². The molecule has 6 nitrogen and oxygen atoms in total. The van der Waals surface area contributed by atoms with Crippen molar-refractivity contribution in [3.63, 3.8) is 0 Å². The van der Waals surface area contributed by atoms with E-state index in [1.165, 1.54) is 12.1 Å². The standard InChI is InChI=1S/C22H23FN2O4/c1-27-10-4-9-24-22(26)18-13-20(25-19-8-5-14(23)11-17(18)19)16-7-6-15(28-2)12-21(16)29-3/h5-8,11-13H,4,9-10H2,1-3H3,(H,24,26). The minimum absolute atomic E-state index is 0.298. The van der Waals surface area contributed by atoms with Crippen LogP contribution >= 0.6 is 0 Å². The molecule has 0 radical (unpaired) electrons. The molecule has 1 heterocycles. The number of hydrogen-bond donors (Lipinski definition) is 1. The SMILES string of the molecule is COCCCNC(=O)c1cc(-c2ccc(OC)cc2OC)nc2ccc(F)cc12. The number of fused-ring (bicyclic) bond motifs is 1. The Morgan fingerprint density at radius 3 is 2.62 bits per heavy atom. The van der Waals surface area contributed by atoms with E-state index < -0.39 is 5.82 Å². The molecule has 0 fully saturated rings. The van der Waals surface area contributed by atoms with Crippen molar-refractivity contribution >= 4 is 16.8 Å². The average Bonchev–Trinajstić information content (AvgIpc) is 2.75. The van der Waals surface area contributed by atoms with Crippen LogP contribution in [0.4, 0.5) is 4.39 Å². The zero-order valence-electron chi connectivity index (χ0n) is 16.6. The second kappa shape index (κ2) is 9.34. The lowest BCUT2D eigenvalue weighted by molar-refractivity contribution is 0.0950. The first-order valence-electron chi connectivity index (χ1n) is 9.17. The molecule has 0 aliphatic heterocycles. The number of halogens is 1. The van der Waals surface area contributed by atoms with Gasteiger partial charge in [0.2, 0.25) is 0 Å².